The summed E-state index contributed by atoms with van der Waals surface area (Å²) in [4.78, 5) is 20.9. The third kappa shape index (κ3) is 5.76. The van der Waals surface area contributed by atoms with E-state index in [0.717, 1.165) is 12.1 Å². The van der Waals surface area contributed by atoms with Crippen molar-refractivity contribution < 1.29 is 18.7 Å². The maximum atomic E-state index is 14.3. The number of hydrogen-bond donors (Lipinski definition) is 2. The molecule has 1 aromatic heterocycles. The van der Waals surface area contributed by atoms with E-state index in [0.29, 0.717) is 22.4 Å². The molecule has 0 spiro atoms. The van der Waals surface area contributed by atoms with Gasteiger partial charge in [0.15, 0.2) is 0 Å². The molecule has 0 saturated carbocycles. The molecule has 0 saturated heterocycles. The summed E-state index contributed by atoms with van der Waals surface area (Å²) in [5.74, 6) is 3.76. The molecule has 0 aliphatic heterocycles. The minimum absolute atomic E-state index is 0.0402. The molecule has 1 atom stereocenters. The Labute approximate surface area is 197 Å². The van der Waals surface area contributed by atoms with Gasteiger partial charge in [0.1, 0.15) is 23.1 Å². The molecule has 1 unspecified atom stereocenters. The molecule has 0 aliphatic carbocycles. The van der Waals surface area contributed by atoms with Crippen molar-refractivity contribution in [3.63, 3.8) is 0 Å². The molecule has 2 N–H and O–H groups in total. The number of phenols is 1. The second-order valence-electron chi connectivity index (χ2n) is 8.42. The van der Waals surface area contributed by atoms with E-state index in [1.165, 1.54) is 24.3 Å². The summed E-state index contributed by atoms with van der Waals surface area (Å²) in [5.41, 5.74) is 0.994. The van der Waals surface area contributed by atoms with Gasteiger partial charge in [0.2, 0.25) is 0 Å². The van der Waals surface area contributed by atoms with E-state index in [-0.39, 0.29) is 17.0 Å². The highest BCUT2D eigenvalue weighted by Gasteiger charge is 2.23. The number of nitrogens with zero attached hydrogens (tertiary/aromatic N) is 2. The van der Waals surface area contributed by atoms with Crippen LogP contribution in [0, 0.1) is 43.9 Å². The maximum absolute atomic E-state index is 14.3. The molecule has 5 nitrogen and oxygen atoms in total. The van der Waals surface area contributed by atoms with Crippen LogP contribution in [0.3, 0.4) is 0 Å². The molecule has 2 aromatic carbocycles. The molecule has 0 radical (unpaired) electrons. The summed E-state index contributed by atoms with van der Waals surface area (Å²) in [6.45, 7) is 13.9. The van der Waals surface area contributed by atoms with Crippen molar-refractivity contribution in [1.29, 1.82) is 0 Å². The van der Waals surface area contributed by atoms with E-state index in [1.807, 2.05) is 0 Å². The second-order valence-corrected chi connectivity index (χ2v) is 8.42. The highest BCUT2D eigenvalue weighted by molar-refractivity contribution is 5.93. The smallest absolute Gasteiger partial charge is 0.286 e. The first-order valence-electron chi connectivity index (χ1n) is 10.4. The van der Waals surface area contributed by atoms with Crippen LogP contribution >= 0.6 is 0 Å². The Bertz CT molecular complexity index is 1360. The van der Waals surface area contributed by atoms with Gasteiger partial charge in [-0.1, -0.05) is 18.1 Å². The maximum Gasteiger partial charge on any atom is 0.286 e. The average Bonchev–Trinajstić information content (AvgIpc) is 2.79. The number of halogens is 2. The van der Waals surface area contributed by atoms with Crippen LogP contribution in [0.4, 0.5) is 8.78 Å². The van der Waals surface area contributed by atoms with Gasteiger partial charge in [-0.15, -0.1) is 0 Å². The number of aromatic nitrogens is 1. The number of aromatic hydroxyl groups is 1. The fraction of sp³-hybridized carbons (Fsp3) is 0.222. The van der Waals surface area contributed by atoms with Crippen molar-refractivity contribution >= 4 is 5.91 Å². The van der Waals surface area contributed by atoms with Crippen LogP contribution in [0.5, 0.6) is 5.75 Å². The Morgan fingerprint density at radius 1 is 1.15 bits per heavy atom. The summed E-state index contributed by atoms with van der Waals surface area (Å²) >= 11 is 0. The van der Waals surface area contributed by atoms with Gasteiger partial charge in [0.05, 0.1) is 6.04 Å². The number of carbonyl (C=O) groups is 1. The summed E-state index contributed by atoms with van der Waals surface area (Å²) in [7, 11) is 0. The number of rotatable bonds is 4. The number of amides is 1. The van der Waals surface area contributed by atoms with Gasteiger partial charge in [0, 0.05) is 30.7 Å². The molecule has 1 amide bonds. The predicted octanol–water partition coefficient (Wildman–Crippen LogP) is 5.25. The summed E-state index contributed by atoms with van der Waals surface area (Å²) < 4.78 is 28.3. The largest absolute Gasteiger partial charge is 0.508 e. The molecule has 3 rings (SSSR count). The van der Waals surface area contributed by atoms with Crippen LogP contribution in [0.1, 0.15) is 58.3 Å². The van der Waals surface area contributed by atoms with Gasteiger partial charge >= 0.3 is 0 Å². The van der Waals surface area contributed by atoms with Crippen LogP contribution < -0.4 is 5.32 Å². The Kier molecular flexibility index (Phi) is 6.98. The molecule has 172 valence electrons. The Morgan fingerprint density at radius 2 is 1.88 bits per heavy atom. The topological polar surface area (TPSA) is 66.6 Å². The van der Waals surface area contributed by atoms with Gasteiger partial charge in [0.25, 0.3) is 11.4 Å². The molecular weight excluding hydrogens is 436 g/mol. The van der Waals surface area contributed by atoms with Crippen molar-refractivity contribution in [2.75, 3.05) is 0 Å². The van der Waals surface area contributed by atoms with Crippen molar-refractivity contribution in [2.24, 2.45) is 0 Å². The number of nitrogens with one attached hydrogen (secondary N) is 1. The molecule has 3 aromatic rings. The quantitative estimate of drug-likeness (QED) is 0.414. The third-order valence-electron chi connectivity index (χ3n) is 5.08. The minimum atomic E-state index is -1.05. The second kappa shape index (κ2) is 9.72. The first-order chi connectivity index (χ1) is 16.0. The molecule has 0 fully saturated rings. The Hall–Kier alpha value is -4.23. The van der Waals surface area contributed by atoms with Gasteiger partial charge in [-0.2, -0.15) is 0 Å². The SMILES string of the molecule is [C-]#[N+]C(C)(C)C#Cc1cc(C)nc(C(=O)NC(c2ccc(C)c(F)c2)c2cc(F)ccc2O)c1. The van der Waals surface area contributed by atoms with Crippen molar-refractivity contribution in [3.05, 3.63) is 105 Å². The first kappa shape index (κ1) is 24.4. The van der Waals surface area contributed by atoms with Gasteiger partial charge in [-0.25, -0.2) is 20.3 Å². The lowest BCUT2D eigenvalue weighted by Crippen LogP contribution is -2.30. The van der Waals surface area contributed by atoms with Crippen molar-refractivity contribution in [2.45, 2.75) is 39.3 Å². The van der Waals surface area contributed by atoms with Crippen LogP contribution in [0.25, 0.3) is 4.85 Å². The number of phenolic OH excluding ortho intramolecular Hbond substituents is 1. The lowest BCUT2D eigenvalue weighted by molar-refractivity contribution is 0.0937. The van der Waals surface area contributed by atoms with E-state index in [4.69, 9.17) is 6.57 Å². The van der Waals surface area contributed by atoms with Crippen LogP contribution in [-0.4, -0.2) is 21.5 Å². The van der Waals surface area contributed by atoms with Crippen molar-refractivity contribution in [1.82, 2.24) is 10.3 Å². The Balaban J connectivity index is 2.03. The highest BCUT2D eigenvalue weighted by Crippen LogP contribution is 2.31. The summed E-state index contributed by atoms with van der Waals surface area (Å²) in [6, 6.07) is 9.84. The summed E-state index contributed by atoms with van der Waals surface area (Å²) in [5, 5.41) is 13.1. The minimum Gasteiger partial charge on any atom is -0.508 e. The lowest BCUT2D eigenvalue weighted by atomic mass is 9.96. The van der Waals surface area contributed by atoms with Crippen LogP contribution in [-0.2, 0) is 0 Å². The normalized spacial score (nSPS) is 11.7. The predicted molar refractivity (Wildman–Crippen MR) is 125 cm³/mol. The fourth-order valence-electron chi connectivity index (χ4n) is 3.20. The highest BCUT2D eigenvalue weighted by atomic mass is 19.1. The molecule has 34 heavy (non-hydrogen) atoms. The van der Waals surface area contributed by atoms with E-state index < -0.39 is 29.1 Å². The number of pyridine rings is 1. The molecule has 0 aliphatic rings. The van der Waals surface area contributed by atoms with Crippen LogP contribution in [0.15, 0.2) is 48.5 Å². The first-order valence-corrected chi connectivity index (χ1v) is 10.4. The van der Waals surface area contributed by atoms with Crippen LogP contribution in [0.2, 0.25) is 0 Å². The number of hydrogen-bond acceptors (Lipinski definition) is 3. The molecule has 1 heterocycles. The van der Waals surface area contributed by atoms with Gasteiger partial charge < -0.3 is 10.4 Å². The molecule has 0 bridgehead atoms. The fourth-order valence-corrected chi connectivity index (χ4v) is 3.20. The third-order valence-corrected chi connectivity index (χ3v) is 5.08. The Morgan fingerprint density at radius 3 is 2.56 bits per heavy atom. The lowest BCUT2D eigenvalue weighted by Gasteiger charge is -2.21. The number of benzene rings is 2. The van der Waals surface area contributed by atoms with Gasteiger partial charge in [-0.3, -0.25) is 9.64 Å². The zero-order valence-corrected chi connectivity index (χ0v) is 19.2. The van der Waals surface area contributed by atoms with E-state index in [1.54, 1.807) is 39.8 Å². The zero-order chi connectivity index (χ0) is 25.0. The summed E-state index contributed by atoms with van der Waals surface area (Å²) in [6.07, 6.45) is 0. The standard InChI is InChI=1S/C27H23F2N3O2/c1-16-6-7-19(14-22(16)29)25(21-15-20(28)8-9-24(21)33)32-26(34)23-13-18(12-17(2)31-23)10-11-27(3,4)30-5/h6-9,12-15,25,33H,1-4H3,(H,32,34). The molecular formula is C27H23F2N3O2. The zero-order valence-electron chi connectivity index (χ0n) is 19.2. The van der Waals surface area contributed by atoms with E-state index in [2.05, 4.69) is 27.0 Å². The molecule has 7 heteroatoms. The van der Waals surface area contributed by atoms with Crippen molar-refractivity contribution in [3.8, 4) is 17.6 Å². The van der Waals surface area contributed by atoms with Gasteiger partial charge in [-0.05, 0) is 67.3 Å². The van der Waals surface area contributed by atoms with E-state index >= 15 is 0 Å². The average molecular weight is 459 g/mol. The monoisotopic (exact) mass is 459 g/mol. The van der Waals surface area contributed by atoms with E-state index in [9.17, 15) is 18.7 Å². The number of carbonyl (C=O) groups excluding carboxylic acids is 1. The number of aryl methyl sites for hydroxylation is 2.